The van der Waals surface area contributed by atoms with Crippen LogP contribution in [0.15, 0.2) is 24.5 Å². The Hall–Kier alpha value is -2.41. The Morgan fingerprint density at radius 2 is 1.88 bits per heavy atom. The van der Waals surface area contributed by atoms with E-state index in [2.05, 4.69) is 43.8 Å². The summed E-state index contributed by atoms with van der Waals surface area (Å²) in [5, 5.41) is 9.57. The van der Waals surface area contributed by atoms with E-state index in [1.165, 1.54) is 11.3 Å². The van der Waals surface area contributed by atoms with Gasteiger partial charge in [0, 0.05) is 56.2 Å². The number of hydrogen-bond acceptors (Lipinski definition) is 7. The monoisotopic (exact) mass is 354 g/mol. The molecule has 1 aliphatic carbocycles. The van der Waals surface area contributed by atoms with Crippen molar-refractivity contribution in [3.8, 4) is 0 Å². The van der Waals surface area contributed by atoms with Crippen molar-refractivity contribution in [1.82, 2.24) is 15.0 Å². The topological polar surface area (TPSA) is 91.4 Å². The Balaban J connectivity index is 1.50. The molecule has 0 atom stereocenters. The molecule has 3 heterocycles. The van der Waals surface area contributed by atoms with Crippen LogP contribution in [0.25, 0.3) is 0 Å². The first-order valence-electron chi connectivity index (χ1n) is 9.33. The smallest absolute Gasteiger partial charge is 0.222 e. The molecule has 0 radical (unpaired) electrons. The molecule has 4 rings (SSSR count). The fourth-order valence-electron chi connectivity index (χ4n) is 3.88. The van der Waals surface area contributed by atoms with E-state index >= 15 is 0 Å². The first-order valence-corrected chi connectivity index (χ1v) is 9.33. The first-order chi connectivity index (χ1) is 12.6. The van der Waals surface area contributed by atoms with E-state index < -0.39 is 0 Å². The Morgan fingerprint density at radius 1 is 1.12 bits per heavy atom. The highest BCUT2D eigenvalue weighted by molar-refractivity contribution is 5.53. The molecule has 0 spiro atoms. The van der Waals surface area contributed by atoms with Crippen molar-refractivity contribution in [3.63, 3.8) is 0 Å². The molecule has 1 saturated heterocycles. The first kappa shape index (κ1) is 17.0. The molecule has 3 N–H and O–H groups in total. The summed E-state index contributed by atoms with van der Waals surface area (Å²) in [7, 11) is 0. The Labute approximate surface area is 153 Å². The minimum Gasteiger partial charge on any atom is -0.393 e. The number of aromatic nitrogens is 3. The highest BCUT2D eigenvalue weighted by Crippen LogP contribution is 2.37. The van der Waals surface area contributed by atoms with Crippen molar-refractivity contribution in [1.29, 1.82) is 0 Å². The maximum Gasteiger partial charge on any atom is 0.222 e. The molecule has 7 heteroatoms. The number of nitrogen functional groups attached to an aromatic ring is 1. The van der Waals surface area contributed by atoms with E-state index in [0.29, 0.717) is 11.9 Å². The third kappa shape index (κ3) is 3.44. The van der Waals surface area contributed by atoms with E-state index in [4.69, 9.17) is 5.73 Å². The molecule has 7 nitrogen and oxygen atoms in total. The van der Waals surface area contributed by atoms with Crippen LogP contribution in [-0.2, 0) is 0 Å². The molecule has 2 fully saturated rings. The maximum absolute atomic E-state index is 9.57. The molecule has 0 unspecified atom stereocenters. The van der Waals surface area contributed by atoms with Crippen molar-refractivity contribution in [3.05, 3.63) is 35.8 Å². The van der Waals surface area contributed by atoms with Crippen molar-refractivity contribution in [2.75, 3.05) is 41.7 Å². The zero-order chi connectivity index (χ0) is 18.1. The summed E-state index contributed by atoms with van der Waals surface area (Å²) in [5.41, 5.74) is 9.39. The predicted molar refractivity (Wildman–Crippen MR) is 102 cm³/mol. The Morgan fingerprint density at radius 3 is 2.65 bits per heavy atom. The molecule has 0 aromatic carbocycles. The van der Waals surface area contributed by atoms with Crippen molar-refractivity contribution in [2.45, 2.75) is 38.2 Å². The van der Waals surface area contributed by atoms with Gasteiger partial charge in [-0.05, 0) is 37.8 Å². The van der Waals surface area contributed by atoms with Crippen LogP contribution in [0.4, 0.5) is 17.5 Å². The Bertz CT molecular complexity index is 776. The normalized spacial score (nSPS) is 23.5. The summed E-state index contributed by atoms with van der Waals surface area (Å²) in [6.07, 6.45) is 6.17. The summed E-state index contributed by atoms with van der Waals surface area (Å²) in [5.74, 6) is 1.53. The fourth-order valence-corrected chi connectivity index (χ4v) is 3.88. The lowest BCUT2D eigenvalue weighted by Gasteiger charge is -2.31. The van der Waals surface area contributed by atoms with Gasteiger partial charge in [0.05, 0.1) is 11.8 Å². The third-order valence-electron chi connectivity index (χ3n) is 5.43. The average Bonchev–Trinajstić information content (AvgIpc) is 2.85. The number of hydrogen-bond donors (Lipinski definition) is 2. The van der Waals surface area contributed by atoms with Crippen LogP contribution in [0.1, 0.15) is 36.4 Å². The standard InChI is InChI=1S/C19H26N6O/c1-13-12-21-4-3-17(13)24-5-2-6-25(8-7-24)18-11-16(22-19(20)23-18)14-9-15(26)10-14/h3-4,11-12,14-15,26H,2,5-10H2,1H3,(H2,20,22,23). The van der Waals surface area contributed by atoms with Crippen LogP contribution in [0.5, 0.6) is 0 Å². The van der Waals surface area contributed by atoms with Crippen LogP contribution in [-0.4, -0.2) is 52.3 Å². The molecular weight excluding hydrogens is 328 g/mol. The van der Waals surface area contributed by atoms with Gasteiger partial charge in [-0.3, -0.25) is 4.98 Å². The Kier molecular flexibility index (Phi) is 4.63. The zero-order valence-electron chi connectivity index (χ0n) is 15.2. The highest BCUT2D eigenvalue weighted by Gasteiger charge is 2.30. The van der Waals surface area contributed by atoms with Crippen LogP contribution in [0.3, 0.4) is 0 Å². The van der Waals surface area contributed by atoms with Gasteiger partial charge in [-0.2, -0.15) is 4.98 Å². The van der Waals surface area contributed by atoms with Crippen LogP contribution in [0, 0.1) is 6.92 Å². The summed E-state index contributed by atoms with van der Waals surface area (Å²) < 4.78 is 0. The quantitative estimate of drug-likeness (QED) is 0.867. The van der Waals surface area contributed by atoms with Gasteiger partial charge in [-0.25, -0.2) is 4.98 Å². The second-order valence-electron chi connectivity index (χ2n) is 7.32. The summed E-state index contributed by atoms with van der Waals surface area (Å²) in [6, 6.07) is 4.15. The second kappa shape index (κ2) is 7.07. The predicted octanol–water partition coefficient (Wildman–Crippen LogP) is 1.72. The minimum absolute atomic E-state index is 0.199. The van der Waals surface area contributed by atoms with Crippen LogP contribution < -0.4 is 15.5 Å². The number of nitrogens with zero attached hydrogens (tertiary/aromatic N) is 5. The molecule has 138 valence electrons. The zero-order valence-corrected chi connectivity index (χ0v) is 15.2. The molecule has 2 aliphatic rings. The van der Waals surface area contributed by atoms with Crippen LogP contribution >= 0.6 is 0 Å². The molecule has 2 aromatic heterocycles. The summed E-state index contributed by atoms with van der Waals surface area (Å²) in [6.45, 7) is 5.90. The van der Waals surface area contributed by atoms with E-state index in [1.54, 1.807) is 0 Å². The lowest BCUT2D eigenvalue weighted by molar-refractivity contribution is 0.0732. The highest BCUT2D eigenvalue weighted by atomic mass is 16.3. The van der Waals surface area contributed by atoms with Gasteiger partial charge in [-0.15, -0.1) is 0 Å². The van der Waals surface area contributed by atoms with Crippen molar-refractivity contribution < 1.29 is 5.11 Å². The number of rotatable bonds is 3. The molecule has 2 aromatic rings. The molecule has 1 saturated carbocycles. The summed E-state index contributed by atoms with van der Waals surface area (Å²) in [4.78, 5) is 17.8. The van der Waals surface area contributed by atoms with E-state index in [1.807, 2.05) is 12.4 Å². The third-order valence-corrected chi connectivity index (χ3v) is 5.43. The van der Waals surface area contributed by atoms with Gasteiger partial charge in [0.2, 0.25) is 5.95 Å². The SMILES string of the molecule is Cc1cnccc1N1CCCN(c2cc(C3CC(O)C3)nc(N)n2)CC1. The lowest BCUT2D eigenvalue weighted by atomic mass is 9.80. The minimum atomic E-state index is -0.199. The molecular formula is C19H26N6O. The van der Waals surface area contributed by atoms with Gasteiger partial charge < -0.3 is 20.6 Å². The largest absolute Gasteiger partial charge is 0.393 e. The summed E-state index contributed by atoms with van der Waals surface area (Å²) >= 11 is 0. The number of aryl methyl sites for hydroxylation is 1. The van der Waals surface area contributed by atoms with E-state index in [9.17, 15) is 5.11 Å². The fraction of sp³-hybridized carbons (Fsp3) is 0.526. The number of anilines is 3. The molecule has 26 heavy (non-hydrogen) atoms. The van der Waals surface area contributed by atoms with Gasteiger partial charge in [0.15, 0.2) is 0 Å². The second-order valence-corrected chi connectivity index (χ2v) is 7.32. The van der Waals surface area contributed by atoms with E-state index in [-0.39, 0.29) is 6.10 Å². The van der Waals surface area contributed by atoms with Gasteiger partial charge >= 0.3 is 0 Å². The number of aliphatic hydroxyl groups is 1. The van der Waals surface area contributed by atoms with Gasteiger partial charge in [0.25, 0.3) is 0 Å². The molecule has 0 bridgehead atoms. The maximum atomic E-state index is 9.57. The average molecular weight is 354 g/mol. The lowest BCUT2D eigenvalue weighted by Crippen LogP contribution is -2.32. The number of aliphatic hydroxyl groups excluding tert-OH is 1. The van der Waals surface area contributed by atoms with Gasteiger partial charge in [0.1, 0.15) is 5.82 Å². The molecule has 0 amide bonds. The van der Waals surface area contributed by atoms with Crippen molar-refractivity contribution in [2.24, 2.45) is 0 Å². The van der Waals surface area contributed by atoms with Crippen molar-refractivity contribution >= 4 is 17.5 Å². The van der Waals surface area contributed by atoms with Crippen LogP contribution in [0.2, 0.25) is 0 Å². The van der Waals surface area contributed by atoms with E-state index in [0.717, 1.165) is 57.0 Å². The number of pyridine rings is 1. The molecule has 1 aliphatic heterocycles. The number of nitrogens with two attached hydrogens (primary N) is 1. The van der Waals surface area contributed by atoms with Gasteiger partial charge in [-0.1, -0.05) is 0 Å².